The number of aryl methyl sites for hydroxylation is 1. The van der Waals surface area contributed by atoms with Crippen LogP contribution in [0.4, 0.5) is 5.13 Å². The number of fused-ring (bicyclic) bond motifs is 1. The van der Waals surface area contributed by atoms with Crippen molar-refractivity contribution in [3.05, 3.63) is 46.0 Å². The number of anilines is 1. The summed E-state index contributed by atoms with van der Waals surface area (Å²) in [5, 5.41) is 14.7. The van der Waals surface area contributed by atoms with Gasteiger partial charge in [0.2, 0.25) is 0 Å². The molecule has 22 heavy (non-hydrogen) atoms. The first-order valence-electron chi connectivity index (χ1n) is 6.77. The number of carbonyl (C=O) groups excluding carboxylic acids is 2. The minimum absolute atomic E-state index is 0.142. The van der Waals surface area contributed by atoms with Crippen molar-refractivity contribution in [2.75, 3.05) is 11.9 Å². The van der Waals surface area contributed by atoms with E-state index in [1.54, 1.807) is 18.2 Å². The zero-order chi connectivity index (χ0) is 15.5. The molecule has 7 heteroatoms. The number of benzene rings is 1. The molecule has 6 nitrogen and oxygen atoms in total. The summed E-state index contributed by atoms with van der Waals surface area (Å²) in [5.74, 6) is -0.488. The summed E-state index contributed by atoms with van der Waals surface area (Å²) in [6, 6.07) is 8.42. The van der Waals surface area contributed by atoms with Crippen molar-refractivity contribution in [2.24, 2.45) is 0 Å². The molecule has 1 aliphatic rings. The highest BCUT2D eigenvalue weighted by Gasteiger charge is 2.21. The molecular weight excluding hydrogens is 300 g/mol. The predicted molar refractivity (Wildman–Crippen MR) is 81.9 cm³/mol. The normalized spacial score (nSPS) is 13.5. The lowest BCUT2D eigenvalue weighted by Crippen LogP contribution is -2.21. The van der Waals surface area contributed by atoms with Crippen LogP contribution in [0.1, 0.15) is 37.7 Å². The van der Waals surface area contributed by atoms with Crippen molar-refractivity contribution in [3.8, 4) is 6.07 Å². The van der Waals surface area contributed by atoms with E-state index >= 15 is 0 Å². The highest BCUT2D eigenvalue weighted by molar-refractivity contribution is 7.17. The van der Waals surface area contributed by atoms with Gasteiger partial charge in [0, 0.05) is 12.1 Å². The van der Waals surface area contributed by atoms with Gasteiger partial charge >= 0.3 is 0 Å². The van der Waals surface area contributed by atoms with Crippen molar-refractivity contribution >= 4 is 28.3 Å². The molecule has 1 aromatic carbocycles. The number of carbonyl (C=O) groups is 2. The number of aromatic nitrogens is 1. The molecule has 0 unspecified atom stereocenters. The van der Waals surface area contributed by atoms with E-state index in [4.69, 9.17) is 5.26 Å². The molecule has 110 valence electrons. The van der Waals surface area contributed by atoms with Gasteiger partial charge in [-0.3, -0.25) is 14.9 Å². The van der Waals surface area contributed by atoms with Crippen LogP contribution >= 0.6 is 11.3 Å². The molecule has 0 fully saturated rings. The van der Waals surface area contributed by atoms with E-state index < -0.39 is 0 Å². The Morgan fingerprint density at radius 1 is 1.45 bits per heavy atom. The van der Waals surface area contributed by atoms with Crippen molar-refractivity contribution in [3.63, 3.8) is 0 Å². The summed E-state index contributed by atoms with van der Waals surface area (Å²) in [6.07, 6.45) is 1.55. The van der Waals surface area contributed by atoms with E-state index in [2.05, 4.69) is 15.6 Å². The van der Waals surface area contributed by atoms with Gasteiger partial charge in [-0.25, -0.2) is 4.98 Å². The third-order valence-electron chi connectivity index (χ3n) is 3.25. The van der Waals surface area contributed by atoms with Crippen molar-refractivity contribution < 1.29 is 9.59 Å². The Labute approximate surface area is 130 Å². The predicted octanol–water partition coefficient (Wildman–Crippen LogP) is 1.94. The second-order valence-corrected chi connectivity index (χ2v) is 5.80. The molecule has 1 aliphatic heterocycles. The maximum atomic E-state index is 12.2. The highest BCUT2D eigenvalue weighted by atomic mass is 32.1. The lowest BCUT2D eigenvalue weighted by Gasteiger charge is -2.02. The van der Waals surface area contributed by atoms with Crippen LogP contribution < -0.4 is 10.6 Å². The number of rotatable bonds is 2. The van der Waals surface area contributed by atoms with Gasteiger partial charge in [0.25, 0.3) is 11.8 Å². The topological polar surface area (TPSA) is 94.9 Å². The minimum atomic E-state index is -0.346. The van der Waals surface area contributed by atoms with E-state index in [1.165, 1.54) is 17.4 Å². The van der Waals surface area contributed by atoms with Crippen LogP contribution in [0.2, 0.25) is 0 Å². The molecular formula is C15H12N4O2S. The maximum Gasteiger partial charge on any atom is 0.263 e. The van der Waals surface area contributed by atoms with Gasteiger partial charge in [0.05, 0.1) is 17.3 Å². The van der Waals surface area contributed by atoms with Gasteiger partial charge < -0.3 is 5.32 Å². The second-order valence-electron chi connectivity index (χ2n) is 4.80. The fourth-order valence-electron chi connectivity index (χ4n) is 2.19. The Bertz CT molecular complexity index is 791. The Kier molecular flexibility index (Phi) is 3.85. The van der Waals surface area contributed by atoms with E-state index in [9.17, 15) is 9.59 Å². The average molecular weight is 312 g/mol. The minimum Gasteiger partial charge on any atom is -0.351 e. The van der Waals surface area contributed by atoms with Crippen LogP contribution in [0, 0.1) is 11.3 Å². The summed E-state index contributed by atoms with van der Waals surface area (Å²) >= 11 is 1.17. The van der Waals surface area contributed by atoms with Gasteiger partial charge in [-0.05, 0) is 31.0 Å². The third kappa shape index (κ3) is 2.82. The summed E-state index contributed by atoms with van der Waals surface area (Å²) in [6.45, 7) is 0.643. The molecule has 0 atom stereocenters. The molecule has 2 amide bonds. The maximum absolute atomic E-state index is 12.2. The van der Waals surface area contributed by atoms with Crippen LogP contribution in [0.15, 0.2) is 24.3 Å². The summed E-state index contributed by atoms with van der Waals surface area (Å²) in [4.78, 5) is 28.9. The molecule has 3 rings (SSSR count). The van der Waals surface area contributed by atoms with E-state index in [0.29, 0.717) is 34.1 Å². The number of nitrogens with zero attached hydrogens (tertiary/aromatic N) is 2. The van der Waals surface area contributed by atoms with Gasteiger partial charge in [0.15, 0.2) is 5.13 Å². The molecule has 0 aliphatic carbocycles. The quantitative estimate of drug-likeness (QED) is 0.886. The molecule has 2 N–H and O–H groups in total. The molecule has 0 saturated carbocycles. The molecule has 0 saturated heterocycles. The number of amides is 2. The van der Waals surface area contributed by atoms with Crippen LogP contribution in [0.25, 0.3) is 0 Å². The van der Waals surface area contributed by atoms with Crippen LogP contribution in [-0.2, 0) is 6.42 Å². The summed E-state index contributed by atoms with van der Waals surface area (Å²) in [5.41, 5.74) is 1.52. The molecule has 2 aromatic rings. The molecule has 2 heterocycles. The van der Waals surface area contributed by atoms with Gasteiger partial charge in [0.1, 0.15) is 4.88 Å². The van der Waals surface area contributed by atoms with E-state index in [-0.39, 0.29) is 11.8 Å². The first kappa shape index (κ1) is 14.2. The number of hydrogen-bond donors (Lipinski definition) is 2. The first-order chi connectivity index (χ1) is 10.7. The van der Waals surface area contributed by atoms with Crippen LogP contribution in [-0.4, -0.2) is 23.3 Å². The SMILES string of the molecule is N#Cc1cccc(C(=O)Nc2nc3c(s2)C(=O)NCCC3)c1. The Balaban J connectivity index is 1.81. The monoisotopic (exact) mass is 312 g/mol. The standard InChI is InChI=1S/C15H12N4O2S/c16-8-9-3-1-4-10(7-9)13(20)19-15-18-11-5-2-6-17-14(21)12(11)22-15/h1,3-4,7H,2,5-6H2,(H,17,21)(H,18,19,20). The van der Waals surface area contributed by atoms with Gasteiger partial charge in [-0.1, -0.05) is 17.4 Å². The third-order valence-corrected chi connectivity index (χ3v) is 4.27. The Hall–Kier alpha value is -2.72. The zero-order valence-electron chi connectivity index (χ0n) is 11.5. The lowest BCUT2D eigenvalue weighted by molar-refractivity contribution is 0.0958. The number of hydrogen-bond acceptors (Lipinski definition) is 5. The largest absolute Gasteiger partial charge is 0.351 e. The van der Waals surface area contributed by atoms with Crippen LogP contribution in [0.3, 0.4) is 0 Å². The fourth-order valence-corrected chi connectivity index (χ4v) is 3.11. The van der Waals surface area contributed by atoms with Crippen molar-refractivity contribution in [1.29, 1.82) is 5.26 Å². The molecule has 1 aromatic heterocycles. The van der Waals surface area contributed by atoms with E-state index in [0.717, 1.165) is 12.1 Å². The van der Waals surface area contributed by atoms with Gasteiger partial charge in [-0.2, -0.15) is 5.26 Å². The molecule has 0 radical (unpaired) electrons. The smallest absolute Gasteiger partial charge is 0.263 e. The number of thiazole rings is 1. The zero-order valence-corrected chi connectivity index (χ0v) is 12.4. The highest BCUT2D eigenvalue weighted by Crippen LogP contribution is 2.26. The first-order valence-corrected chi connectivity index (χ1v) is 7.58. The van der Waals surface area contributed by atoms with Crippen molar-refractivity contribution in [1.82, 2.24) is 10.3 Å². The molecule has 0 spiro atoms. The summed E-state index contributed by atoms with van der Waals surface area (Å²) < 4.78 is 0. The lowest BCUT2D eigenvalue weighted by atomic mass is 10.1. The van der Waals surface area contributed by atoms with E-state index in [1.807, 2.05) is 6.07 Å². The molecule has 0 bridgehead atoms. The summed E-state index contributed by atoms with van der Waals surface area (Å²) in [7, 11) is 0. The fraction of sp³-hybridized carbons (Fsp3) is 0.200. The Morgan fingerprint density at radius 2 is 2.32 bits per heavy atom. The number of nitrogens with one attached hydrogen (secondary N) is 2. The average Bonchev–Trinajstić information content (AvgIpc) is 2.86. The van der Waals surface area contributed by atoms with Gasteiger partial charge in [-0.15, -0.1) is 0 Å². The Morgan fingerprint density at radius 3 is 3.14 bits per heavy atom. The van der Waals surface area contributed by atoms with Crippen molar-refractivity contribution in [2.45, 2.75) is 12.8 Å². The number of nitriles is 1. The second kappa shape index (κ2) is 5.95. The van der Waals surface area contributed by atoms with Crippen LogP contribution in [0.5, 0.6) is 0 Å².